The molecule has 2 N–H and O–H groups in total. The summed E-state index contributed by atoms with van der Waals surface area (Å²) in [5.74, 6) is 0.775. The first-order valence-electron chi connectivity index (χ1n) is 8.90. The average Bonchev–Trinajstić information content (AvgIpc) is 3.08. The number of aryl methyl sites for hydroxylation is 1. The highest BCUT2D eigenvalue weighted by Crippen LogP contribution is 2.21. The minimum Gasteiger partial charge on any atom is -0.462 e. The van der Waals surface area contributed by atoms with Gasteiger partial charge in [-0.15, -0.1) is 0 Å². The molecule has 3 aromatic rings. The maximum absolute atomic E-state index is 12.1. The van der Waals surface area contributed by atoms with Crippen LogP contribution in [0.4, 0.5) is 10.5 Å². The van der Waals surface area contributed by atoms with E-state index in [-0.39, 0.29) is 12.6 Å². The minimum absolute atomic E-state index is 0.231. The van der Waals surface area contributed by atoms with Gasteiger partial charge < -0.3 is 19.8 Å². The summed E-state index contributed by atoms with van der Waals surface area (Å²) in [6, 6.07) is 15.7. The van der Waals surface area contributed by atoms with Crippen LogP contribution in [0.5, 0.6) is 0 Å². The molecule has 7 heteroatoms. The van der Waals surface area contributed by atoms with Gasteiger partial charge in [-0.25, -0.2) is 14.6 Å². The number of carbonyl (C=O) groups excluding carboxylic acids is 2. The number of nitrogens with zero attached hydrogens (tertiary/aromatic N) is 1. The smallest absolute Gasteiger partial charge is 0.338 e. The van der Waals surface area contributed by atoms with Crippen molar-refractivity contribution in [3.63, 3.8) is 0 Å². The minimum atomic E-state index is -0.394. The molecule has 0 saturated carbocycles. The Hall–Kier alpha value is -3.61. The lowest BCUT2D eigenvalue weighted by atomic mass is 10.2. The van der Waals surface area contributed by atoms with E-state index in [9.17, 15) is 9.59 Å². The monoisotopic (exact) mass is 379 g/mol. The lowest BCUT2D eigenvalue weighted by Crippen LogP contribution is -2.28. The molecule has 1 aromatic heterocycles. The van der Waals surface area contributed by atoms with Crippen LogP contribution in [0.25, 0.3) is 11.5 Å². The second kappa shape index (κ2) is 8.85. The Balaban J connectivity index is 1.56. The summed E-state index contributed by atoms with van der Waals surface area (Å²) < 4.78 is 10.6. The molecular weight excluding hydrogens is 358 g/mol. The summed E-state index contributed by atoms with van der Waals surface area (Å²) in [4.78, 5) is 28.2. The standard InChI is InChI=1S/C21H21N3O4/c1-3-27-20(25)16-9-11-17(12-10-16)23-21(26)22-13-18-14(2)28-19(24-18)15-7-5-4-6-8-15/h4-12H,3,13H2,1-2H3,(H2,22,23,26). The van der Waals surface area contributed by atoms with Crippen LogP contribution >= 0.6 is 0 Å². The summed E-state index contributed by atoms with van der Waals surface area (Å²) in [6.07, 6.45) is 0. The number of carbonyl (C=O) groups is 2. The third-order valence-electron chi connectivity index (χ3n) is 3.98. The number of nitrogens with one attached hydrogen (secondary N) is 2. The highest BCUT2D eigenvalue weighted by atomic mass is 16.5. The average molecular weight is 379 g/mol. The van der Waals surface area contributed by atoms with Gasteiger partial charge in [0.25, 0.3) is 0 Å². The van der Waals surface area contributed by atoms with Crippen molar-refractivity contribution in [3.8, 4) is 11.5 Å². The van der Waals surface area contributed by atoms with Gasteiger partial charge in [0, 0.05) is 11.3 Å². The van der Waals surface area contributed by atoms with Gasteiger partial charge in [0.05, 0.1) is 18.7 Å². The van der Waals surface area contributed by atoms with E-state index in [4.69, 9.17) is 9.15 Å². The molecule has 28 heavy (non-hydrogen) atoms. The molecule has 144 valence electrons. The summed E-state index contributed by atoms with van der Waals surface area (Å²) in [5.41, 5.74) is 2.53. The molecule has 3 rings (SSSR count). The fraction of sp³-hybridized carbons (Fsp3) is 0.190. The second-order valence-corrected chi connectivity index (χ2v) is 5.99. The number of benzene rings is 2. The first-order valence-corrected chi connectivity index (χ1v) is 8.90. The van der Waals surface area contributed by atoms with Crippen molar-refractivity contribution in [1.82, 2.24) is 10.3 Å². The number of hydrogen-bond donors (Lipinski definition) is 2. The maximum Gasteiger partial charge on any atom is 0.338 e. The van der Waals surface area contributed by atoms with Crippen LogP contribution < -0.4 is 10.6 Å². The van der Waals surface area contributed by atoms with Crippen molar-refractivity contribution in [1.29, 1.82) is 0 Å². The van der Waals surface area contributed by atoms with E-state index in [1.165, 1.54) is 0 Å². The van der Waals surface area contributed by atoms with Crippen molar-refractivity contribution < 1.29 is 18.7 Å². The van der Waals surface area contributed by atoms with Crippen LogP contribution in [0.1, 0.15) is 28.7 Å². The van der Waals surface area contributed by atoms with E-state index in [2.05, 4.69) is 15.6 Å². The van der Waals surface area contributed by atoms with Crippen LogP contribution in [0.3, 0.4) is 0 Å². The lowest BCUT2D eigenvalue weighted by Gasteiger charge is -2.07. The summed E-state index contributed by atoms with van der Waals surface area (Å²) in [5, 5.41) is 5.45. The summed E-state index contributed by atoms with van der Waals surface area (Å²) in [6.45, 7) is 4.10. The Morgan fingerprint density at radius 3 is 2.46 bits per heavy atom. The van der Waals surface area contributed by atoms with Crippen molar-refractivity contribution in [2.24, 2.45) is 0 Å². The predicted molar refractivity (Wildman–Crippen MR) is 105 cm³/mol. The van der Waals surface area contributed by atoms with Gasteiger partial charge in [0.2, 0.25) is 5.89 Å². The highest BCUT2D eigenvalue weighted by molar-refractivity contribution is 5.92. The van der Waals surface area contributed by atoms with E-state index < -0.39 is 5.97 Å². The van der Waals surface area contributed by atoms with Crippen LogP contribution in [0.15, 0.2) is 59.0 Å². The number of oxazole rings is 1. The highest BCUT2D eigenvalue weighted by Gasteiger charge is 2.12. The fourth-order valence-electron chi connectivity index (χ4n) is 2.54. The molecule has 0 atom stereocenters. The number of amides is 2. The summed E-state index contributed by atoms with van der Waals surface area (Å²) >= 11 is 0. The zero-order valence-electron chi connectivity index (χ0n) is 15.7. The molecule has 7 nitrogen and oxygen atoms in total. The Labute approximate surface area is 162 Å². The maximum atomic E-state index is 12.1. The molecule has 0 aliphatic rings. The molecule has 0 saturated heterocycles. The Bertz CT molecular complexity index is 950. The van der Waals surface area contributed by atoms with Crippen LogP contribution in [-0.2, 0) is 11.3 Å². The largest absolute Gasteiger partial charge is 0.462 e. The van der Waals surface area contributed by atoms with Crippen molar-refractivity contribution >= 4 is 17.7 Å². The molecule has 2 aromatic carbocycles. The molecule has 1 heterocycles. The van der Waals surface area contributed by atoms with Gasteiger partial charge in [-0.1, -0.05) is 18.2 Å². The number of urea groups is 1. The Kier molecular flexibility index (Phi) is 6.06. The molecule has 0 spiro atoms. The number of anilines is 1. The molecule has 0 aliphatic carbocycles. The second-order valence-electron chi connectivity index (χ2n) is 5.99. The van der Waals surface area contributed by atoms with Gasteiger partial charge >= 0.3 is 12.0 Å². The number of aromatic nitrogens is 1. The third-order valence-corrected chi connectivity index (χ3v) is 3.98. The zero-order chi connectivity index (χ0) is 19.9. The Morgan fingerprint density at radius 2 is 1.79 bits per heavy atom. The first-order chi connectivity index (χ1) is 13.6. The Morgan fingerprint density at radius 1 is 1.07 bits per heavy atom. The van der Waals surface area contributed by atoms with Crippen LogP contribution in [0, 0.1) is 6.92 Å². The normalized spacial score (nSPS) is 10.4. The predicted octanol–water partition coefficient (Wildman–Crippen LogP) is 4.15. The van der Waals surface area contributed by atoms with Gasteiger partial charge in [0.15, 0.2) is 0 Å². The molecule has 0 fully saturated rings. The molecule has 0 aliphatic heterocycles. The van der Waals surface area contributed by atoms with Gasteiger partial charge in [-0.05, 0) is 50.2 Å². The topological polar surface area (TPSA) is 93.5 Å². The quantitative estimate of drug-likeness (QED) is 0.628. The van der Waals surface area contributed by atoms with Crippen LogP contribution in [0.2, 0.25) is 0 Å². The van der Waals surface area contributed by atoms with E-state index in [0.29, 0.717) is 35.2 Å². The molecule has 0 unspecified atom stereocenters. The van der Waals surface area contributed by atoms with Gasteiger partial charge in [-0.3, -0.25) is 0 Å². The SMILES string of the molecule is CCOC(=O)c1ccc(NC(=O)NCc2nc(-c3ccccc3)oc2C)cc1. The third kappa shape index (κ3) is 4.76. The number of esters is 1. The van der Waals surface area contributed by atoms with E-state index in [1.54, 1.807) is 31.2 Å². The lowest BCUT2D eigenvalue weighted by molar-refractivity contribution is 0.0526. The molecule has 0 bridgehead atoms. The number of rotatable bonds is 6. The van der Waals surface area contributed by atoms with E-state index >= 15 is 0 Å². The number of ether oxygens (including phenoxy) is 1. The van der Waals surface area contributed by atoms with Gasteiger partial charge in [-0.2, -0.15) is 0 Å². The van der Waals surface area contributed by atoms with Crippen LogP contribution in [-0.4, -0.2) is 23.6 Å². The van der Waals surface area contributed by atoms with Gasteiger partial charge in [0.1, 0.15) is 11.5 Å². The fourth-order valence-corrected chi connectivity index (χ4v) is 2.54. The zero-order valence-corrected chi connectivity index (χ0v) is 15.7. The number of hydrogen-bond acceptors (Lipinski definition) is 5. The molecular formula is C21H21N3O4. The van der Waals surface area contributed by atoms with E-state index in [0.717, 1.165) is 5.56 Å². The summed E-state index contributed by atoms with van der Waals surface area (Å²) in [7, 11) is 0. The van der Waals surface area contributed by atoms with Crippen molar-refractivity contribution in [3.05, 3.63) is 71.6 Å². The first kappa shape index (κ1) is 19.2. The van der Waals surface area contributed by atoms with Crippen molar-refractivity contribution in [2.45, 2.75) is 20.4 Å². The van der Waals surface area contributed by atoms with Crippen molar-refractivity contribution in [2.75, 3.05) is 11.9 Å². The molecule has 2 amide bonds. The molecule has 0 radical (unpaired) electrons. The van der Waals surface area contributed by atoms with E-state index in [1.807, 2.05) is 37.3 Å².